The Labute approximate surface area is 219 Å². The first-order valence-corrected chi connectivity index (χ1v) is 12.5. The monoisotopic (exact) mass is 558 g/mol. The van der Waals surface area contributed by atoms with Gasteiger partial charge in [0.1, 0.15) is 23.6 Å². The lowest BCUT2D eigenvalue weighted by molar-refractivity contribution is -0.154. The number of nitrogens with zero attached hydrogens (tertiary/aromatic N) is 3. The minimum Gasteiger partial charge on any atom is -0.344 e. The van der Waals surface area contributed by atoms with E-state index in [2.05, 4.69) is 30.6 Å². The minimum absolute atomic E-state index is 0.0133. The number of aryl methyl sites for hydroxylation is 1. The lowest BCUT2D eigenvalue weighted by atomic mass is 9.81. The van der Waals surface area contributed by atoms with Crippen molar-refractivity contribution >= 4 is 23.5 Å². The number of carbonyl (C=O) groups excluding carboxylic acids is 3. The van der Waals surface area contributed by atoms with Crippen LogP contribution in [0.25, 0.3) is 0 Å². The van der Waals surface area contributed by atoms with Gasteiger partial charge in [-0.25, -0.2) is 18.4 Å². The van der Waals surface area contributed by atoms with E-state index in [1.165, 1.54) is 18.3 Å². The number of anilines is 1. The van der Waals surface area contributed by atoms with Crippen molar-refractivity contribution in [3.63, 3.8) is 0 Å². The number of pyridine rings is 1. The van der Waals surface area contributed by atoms with Crippen molar-refractivity contribution in [2.24, 2.45) is 11.8 Å². The van der Waals surface area contributed by atoms with E-state index in [4.69, 9.17) is 0 Å². The van der Waals surface area contributed by atoms with E-state index in [9.17, 15) is 36.3 Å². The van der Waals surface area contributed by atoms with Crippen molar-refractivity contribution in [1.29, 1.82) is 0 Å². The molecule has 3 heterocycles. The average Bonchev–Trinajstić information content (AvgIpc) is 3.49. The highest BCUT2D eigenvalue weighted by Crippen LogP contribution is 2.38. The number of alkyl halides is 5. The maximum Gasteiger partial charge on any atom is 0.408 e. The number of halogens is 5. The average molecular weight is 559 g/mol. The number of nitrogens with one attached hydrogen (secondary N) is 3. The normalized spacial score (nSPS) is 22.3. The highest BCUT2D eigenvalue weighted by atomic mass is 19.4. The molecule has 0 radical (unpaired) electrons. The molecule has 0 bridgehead atoms. The van der Waals surface area contributed by atoms with Gasteiger partial charge in [0.15, 0.2) is 5.69 Å². The van der Waals surface area contributed by atoms with Crippen LogP contribution in [0.2, 0.25) is 0 Å². The number of amides is 3. The molecule has 0 spiro atoms. The Morgan fingerprint density at radius 1 is 1.23 bits per heavy atom. The highest BCUT2D eigenvalue weighted by Gasteiger charge is 2.47. The van der Waals surface area contributed by atoms with E-state index in [1.807, 2.05) is 5.32 Å². The van der Waals surface area contributed by atoms with Crippen LogP contribution in [0.5, 0.6) is 0 Å². The molecule has 212 valence electrons. The molecule has 1 saturated carbocycles. The highest BCUT2D eigenvalue weighted by molar-refractivity contribution is 6.00. The standard InChI is InChI=1S/C24H27F5N6O4/c1-2-15-19(35-39-34-15)22(38)33-18(13-3-6-23(25,26)7-4-13)21(37)32-17-10-12(5-8-30-17)9-14-11-16(24(27,28)29)31-20(14)36/h5,8,10,13-14,16,18H,2-4,6-7,9,11H2,1H3,(H,31,36)(H,33,38)(H,30,32,37)/t14-,16-,18+/m0/s1. The van der Waals surface area contributed by atoms with Gasteiger partial charge in [0, 0.05) is 25.0 Å². The SMILES string of the molecule is CCc1nonc1C(=O)N[C@@H](C(=O)Nc1cc(C[C@H]2C[C@@H](C(F)(F)F)NC2=O)ccn1)C1CCC(F)(F)CC1. The van der Waals surface area contributed by atoms with Crippen LogP contribution in [0, 0.1) is 11.8 Å². The van der Waals surface area contributed by atoms with Gasteiger partial charge < -0.3 is 16.0 Å². The second-order valence-electron chi connectivity index (χ2n) is 9.84. The van der Waals surface area contributed by atoms with Crippen LogP contribution in [0.3, 0.4) is 0 Å². The first kappa shape index (κ1) is 28.4. The summed E-state index contributed by atoms with van der Waals surface area (Å²) >= 11 is 0. The molecule has 2 aromatic heterocycles. The van der Waals surface area contributed by atoms with Crippen LogP contribution >= 0.6 is 0 Å². The van der Waals surface area contributed by atoms with Crippen molar-refractivity contribution in [3.8, 4) is 0 Å². The molecule has 0 unspecified atom stereocenters. The molecule has 2 fully saturated rings. The second-order valence-corrected chi connectivity index (χ2v) is 9.84. The fourth-order valence-electron chi connectivity index (χ4n) is 4.90. The zero-order valence-corrected chi connectivity index (χ0v) is 20.9. The van der Waals surface area contributed by atoms with E-state index >= 15 is 0 Å². The van der Waals surface area contributed by atoms with Crippen molar-refractivity contribution < 1.29 is 41.0 Å². The van der Waals surface area contributed by atoms with E-state index in [0.29, 0.717) is 12.0 Å². The van der Waals surface area contributed by atoms with Crippen LogP contribution in [0.15, 0.2) is 23.0 Å². The largest absolute Gasteiger partial charge is 0.408 e. The van der Waals surface area contributed by atoms with Gasteiger partial charge in [0.25, 0.3) is 5.91 Å². The maximum absolute atomic E-state index is 13.8. The van der Waals surface area contributed by atoms with Crippen LogP contribution in [-0.4, -0.2) is 57.2 Å². The summed E-state index contributed by atoms with van der Waals surface area (Å²) in [5.74, 6) is -6.54. The lowest BCUT2D eigenvalue weighted by Gasteiger charge is -2.33. The molecule has 3 atom stereocenters. The molecule has 1 saturated heterocycles. The first-order valence-electron chi connectivity index (χ1n) is 12.5. The van der Waals surface area contributed by atoms with Gasteiger partial charge in [-0.1, -0.05) is 12.1 Å². The van der Waals surface area contributed by atoms with Crippen LogP contribution < -0.4 is 16.0 Å². The molecule has 4 rings (SSSR count). The van der Waals surface area contributed by atoms with Gasteiger partial charge in [0.2, 0.25) is 17.7 Å². The summed E-state index contributed by atoms with van der Waals surface area (Å²) in [5, 5.41) is 14.3. The number of hydrogen-bond acceptors (Lipinski definition) is 7. The summed E-state index contributed by atoms with van der Waals surface area (Å²) in [6.45, 7) is 1.72. The third-order valence-corrected chi connectivity index (χ3v) is 7.07. The Hall–Kier alpha value is -3.65. The van der Waals surface area contributed by atoms with Crippen molar-refractivity contribution in [2.75, 3.05) is 5.32 Å². The summed E-state index contributed by atoms with van der Waals surface area (Å²) in [6.07, 6.45) is -4.26. The summed E-state index contributed by atoms with van der Waals surface area (Å²) in [6, 6.07) is -0.211. The Morgan fingerprint density at radius 2 is 1.95 bits per heavy atom. The van der Waals surface area contributed by atoms with Gasteiger partial charge in [-0.15, -0.1) is 0 Å². The van der Waals surface area contributed by atoms with Crippen LogP contribution in [-0.2, 0) is 22.4 Å². The van der Waals surface area contributed by atoms with E-state index in [1.54, 1.807) is 6.92 Å². The molecule has 2 aliphatic rings. The molecule has 0 aromatic carbocycles. The predicted octanol–water partition coefficient (Wildman–Crippen LogP) is 3.20. The first-order chi connectivity index (χ1) is 18.4. The Kier molecular flexibility index (Phi) is 8.16. The molecule has 1 aliphatic carbocycles. The smallest absolute Gasteiger partial charge is 0.344 e. The number of hydrogen-bond donors (Lipinski definition) is 3. The molecule has 39 heavy (non-hydrogen) atoms. The van der Waals surface area contributed by atoms with E-state index in [0.717, 1.165) is 0 Å². The minimum atomic E-state index is -4.55. The van der Waals surface area contributed by atoms with Gasteiger partial charge >= 0.3 is 6.18 Å². The van der Waals surface area contributed by atoms with Crippen LogP contribution in [0.4, 0.5) is 27.8 Å². The van der Waals surface area contributed by atoms with E-state index < -0.39 is 73.0 Å². The molecule has 3 N–H and O–H groups in total. The summed E-state index contributed by atoms with van der Waals surface area (Å²) in [5.41, 5.74) is 0.603. The van der Waals surface area contributed by atoms with Crippen molar-refractivity contribution in [1.82, 2.24) is 25.9 Å². The van der Waals surface area contributed by atoms with Crippen molar-refractivity contribution in [3.05, 3.63) is 35.3 Å². The van der Waals surface area contributed by atoms with Gasteiger partial charge in [-0.05, 0) is 60.9 Å². The summed E-state index contributed by atoms with van der Waals surface area (Å²) < 4.78 is 71.1. The summed E-state index contributed by atoms with van der Waals surface area (Å²) in [7, 11) is 0. The lowest BCUT2D eigenvalue weighted by Crippen LogP contribution is -2.50. The summed E-state index contributed by atoms with van der Waals surface area (Å²) in [4.78, 5) is 42.3. The number of carbonyl (C=O) groups is 3. The third kappa shape index (κ3) is 6.87. The molecule has 2 aromatic rings. The van der Waals surface area contributed by atoms with Crippen LogP contribution in [0.1, 0.15) is 60.8 Å². The number of rotatable bonds is 8. The van der Waals surface area contributed by atoms with E-state index in [-0.39, 0.29) is 36.5 Å². The van der Waals surface area contributed by atoms with Gasteiger partial charge in [-0.2, -0.15) is 13.2 Å². The topological polar surface area (TPSA) is 139 Å². The third-order valence-electron chi connectivity index (χ3n) is 7.07. The zero-order chi connectivity index (χ0) is 28.4. The molecule has 3 amide bonds. The molecular formula is C24H27F5N6O4. The molecule has 1 aliphatic heterocycles. The maximum atomic E-state index is 13.8. The molecule has 10 nitrogen and oxygen atoms in total. The fraction of sp³-hybridized carbons (Fsp3) is 0.583. The fourth-order valence-corrected chi connectivity index (χ4v) is 4.90. The Bertz CT molecular complexity index is 1210. The zero-order valence-electron chi connectivity index (χ0n) is 20.9. The quantitative estimate of drug-likeness (QED) is 0.423. The molecule has 15 heteroatoms. The molecular weight excluding hydrogens is 531 g/mol. The Morgan fingerprint density at radius 3 is 2.59 bits per heavy atom. The van der Waals surface area contributed by atoms with Gasteiger partial charge in [-0.3, -0.25) is 14.4 Å². The van der Waals surface area contributed by atoms with Crippen molar-refractivity contribution in [2.45, 2.75) is 76.1 Å². The predicted molar refractivity (Wildman–Crippen MR) is 124 cm³/mol. The van der Waals surface area contributed by atoms with Gasteiger partial charge in [0.05, 0.1) is 0 Å². The Balaban J connectivity index is 1.47. The number of aromatic nitrogens is 3. The second kappa shape index (κ2) is 11.2.